The lowest BCUT2D eigenvalue weighted by Crippen LogP contribution is -2.33. The number of rotatable bonds is 6. The number of carbonyl (C=O) groups excluding carboxylic acids is 1. The van der Waals surface area contributed by atoms with Gasteiger partial charge in [-0.25, -0.2) is 19.0 Å². The van der Waals surface area contributed by atoms with Crippen molar-refractivity contribution in [3.8, 4) is 17.1 Å². The number of aryl methyl sites for hydroxylation is 2. The first kappa shape index (κ1) is 25.1. The van der Waals surface area contributed by atoms with Gasteiger partial charge in [-0.05, 0) is 50.1 Å². The van der Waals surface area contributed by atoms with E-state index in [-0.39, 0.29) is 23.6 Å². The molecule has 0 spiro atoms. The molecule has 3 heterocycles. The van der Waals surface area contributed by atoms with Crippen molar-refractivity contribution in [2.75, 3.05) is 6.54 Å². The summed E-state index contributed by atoms with van der Waals surface area (Å²) in [5.41, 5.74) is 3.24. The van der Waals surface area contributed by atoms with Gasteiger partial charge in [0.2, 0.25) is 5.91 Å². The smallest absolute Gasteiger partial charge is 0.228 e. The molecule has 192 valence electrons. The maximum absolute atomic E-state index is 14.5. The highest BCUT2D eigenvalue weighted by atomic mass is 35.5. The van der Waals surface area contributed by atoms with Crippen molar-refractivity contribution in [1.29, 1.82) is 0 Å². The number of ether oxygens (including phenoxy) is 1. The molecule has 4 aromatic rings. The third-order valence-corrected chi connectivity index (χ3v) is 7.52. The third-order valence-electron chi connectivity index (χ3n) is 7.18. The van der Waals surface area contributed by atoms with Gasteiger partial charge in [0.25, 0.3) is 0 Å². The van der Waals surface area contributed by atoms with Crippen molar-refractivity contribution in [3.05, 3.63) is 70.4 Å². The fraction of sp³-hybridized carbons (Fsp3) is 0.357. The minimum absolute atomic E-state index is 0.0530. The molecular weight excluding hydrogens is 493 g/mol. The molecular formula is C28H29ClFN5O2. The van der Waals surface area contributed by atoms with Crippen molar-refractivity contribution in [3.63, 3.8) is 0 Å². The number of fused-ring (bicyclic) bond motifs is 1. The van der Waals surface area contributed by atoms with E-state index in [1.807, 2.05) is 59.0 Å². The number of carbonyl (C=O) groups is 1. The SMILES string of the molecule is Cc1cc(-c2ncnn2C)c2cccc(OCc3c(Cl)cc(F)cc3[C@H](C)N3CCC(C)(C)C3=O)c2n1. The third kappa shape index (κ3) is 4.55. The van der Waals surface area contributed by atoms with Crippen LogP contribution in [0.15, 0.2) is 42.7 Å². The van der Waals surface area contributed by atoms with Crippen LogP contribution in [-0.2, 0) is 18.4 Å². The summed E-state index contributed by atoms with van der Waals surface area (Å²) in [6.45, 7) is 8.41. The molecule has 0 saturated carbocycles. The van der Waals surface area contributed by atoms with Gasteiger partial charge in [0, 0.05) is 41.2 Å². The van der Waals surface area contributed by atoms with Crippen molar-refractivity contribution in [1.82, 2.24) is 24.6 Å². The lowest BCUT2D eigenvalue weighted by Gasteiger charge is -2.28. The fourth-order valence-electron chi connectivity index (χ4n) is 5.02. The predicted molar refractivity (Wildman–Crippen MR) is 141 cm³/mol. The van der Waals surface area contributed by atoms with E-state index in [1.54, 1.807) is 9.58 Å². The van der Waals surface area contributed by atoms with Crippen LogP contribution >= 0.6 is 11.6 Å². The van der Waals surface area contributed by atoms with Crippen LogP contribution in [0.1, 0.15) is 50.1 Å². The van der Waals surface area contributed by atoms with Gasteiger partial charge < -0.3 is 9.64 Å². The molecule has 1 amide bonds. The summed E-state index contributed by atoms with van der Waals surface area (Å²) in [6, 6.07) is 10.1. The first-order valence-corrected chi connectivity index (χ1v) is 12.6. The first-order valence-electron chi connectivity index (χ1n) is 12.2. The second kappa shape index (κ2) is 9.41. The molecule has 0 aliphatic carbocycles. The molecule has 0 bridgehead atoms. The maximum Gasteiger partial charge on any atom is 0.228 e. The standard InChI is InChI=1S/C28H29ClFN5O2/c1-16-11-21(26-31-15-32-34(26)5)19-7-6-8-24(25(19)33-16)37-14-22-20(12-18(30)13-23(22)29)17(2)35-10-9-28(3,4)27(35)36/h6-8,11-13,15,17H,9-10,14H2,1-5H3/t17-/m0/s1. The molecule has 2 aromatic carbocycles. The summed E-state index contributed by atoms with van der Waals surface area (Å²) in [7, 11) is 1.84. The zero-order chi connectivity index (χ0) is 26.5. The highest BCUT2D eigenvalue weighted by Gasteiger charge is 2.41. The molecule has 1 aliphatic heterocycles. The molecule has 1 atom stereocenters. The summed E-state index contributed by atoms with van der Waals surface area (Å²) in [5, 5.41) is 5.34. The maximum atomic E-state index is 14.5. The molecule has 0 radical (unpaired) electrons. The molecule has 5 rings (SSSR count). The quantitative estimate of drug-likeness (QED) is 0.310. The minimum Gasteiger partial charge on any atom is -0.487 e. The number of para-hydroxylation sites is 1. The van der Waals surface area contributed by atoms with Crippen molar-refractivity contribution < 1.29 is 13.9 Å². The largest absolute Gasteiger partial charge is 0.487 e. The van der Waals surface area contributed by atoms with E-state index in [1.165, 1.54) is 18.5 Å². The highest BCUT2D eigenvalue weighted by molar-refractivity contribution is 6.31. The van der Waals surface area contributed by atoms with Crippen molar-refractivity contribution in [2.45, 2.75) is 46.8 Å². The van der Waals surface area contributed by atoms with Gasteiger partial charge in [-0.1, -0.05) is 37.6 Å². The molecule has 1 saturated heterocycles. The van der Waals surface area contributed by atoms with Crippen LogP contribution in [0.25, 0.3) is 22.3 Å². The number of halogens is 2. The number of amides is 1. The average Bonchev–Trinajstić information content (AvgIpc) is 3.39. The summed E-state index contributed by atoms with van der Waals surface area (Å²) in [4.78, 5) is 23.9. The number of likely N-dealkylation sites (tertiary alicyclic amines) is 1. The van der Waals surface area contributed by atoms with Crippen molar-refractivity contribution >= 4 is 28.4 Å². The van der Waals surface area contributed by atoms with Gasteiger partial charge in [-0.2, -0.15) is 5.10 Å². The van der Waals surface area contributed by atoms with Gasteiger partial charge in [0.1, 0.15) is 30.0 Å². The van der Waals surface area contributed by atoms with Gasteiger partial charge in [-0.3, -0.25) is 4.79 Å². The highest BCUT2D eigenvalue weighted by Crippen LogP contribution is 2.39. The molecule has 1 aliphatic rings. The summed E-state index contributed by atoms with van der Waals surface area (Å²) >= 11 is 6.54. The number of benzene rings is 2. The molecule has 0 N–H and O–H groups in total. The first-order chi connectivity index (χ1) is 17.6. The van der Waals surface area contributed by atoms with E-state index < -0.39 is 11.2 Å². The van der Waals surface area contributed by atoms with E-state index in [9.17, 15) is 9.18 Å². The Kier molecular flexibility index (Phi) is 6.40. The van der Waals surface area contributed by atoms with Crippen LogP contribution in [0.3, 0.4) is 0 Å². The van der Waals surface area contributed by atoms with E-state index in [0.717, 1.165) is 28.9 Å². The summed E-state index contributed by atoms with van der Waals surface area (Å²) < 4.78 is 22.5. The van der Waals surface area contributed by atoms with Crippen LogP contribution in [0, 0.1) is 18.2 Å². The molecule has 2 aromatic heterocycles. The molecule has 9 heteroatoms. The number of nitrogens with zero attached hydrogens (tertiary/aromatic N) is 5. The fourth-order valence-corrected chi connectivity index (χ4v) is 5.29. The average molecular weight is 522 g/mol. The topological polar surface area (TPSA) is 73.1 Å². The number of aromatic nitrogens is 4. The Bertz CT molecular complexity index is 1520. The zero-order valence-electron chi connectivity index (χ0n) is 21.5. The lowest BCUT2D eigenvalue weighted by atomic mass is 9.92. The minimum atomic E-state index is -0.447. The van der Waals surface area contributed by atoms with Gasteiger partial charge in [-0.15, -0.1) is 0 Å². The zero-order valence-corrected chi connectivity index (χ0v) is 22.3. The monoisotopic (exact) mass is 521 g/mol. The number of hydrogen-bond donors (Lipinski definition) is 0. The van der Waals surface area contributed by atoms with Crippen LogP contribution in [-0.4, -0.2) is 37.1 Å². The van der Waals surface area contributed by atoms with E-state index in [0.29, 0.717) is 28.9 Å². The van der Waals surface area contributed by atoms with Crippen LogP contribution in [0.4, 0.5) is 4.39 Å². The van der Waals surface area contributed by atoms with E-state index in [4.69, 9.17) is 21.3 Å². The van der Waals surface area contributed by atoms with E-state index in [2.05, 4.69) is 10.1 Å². The molecule has 7 nitrogen and oxygen atoms in total. The van der Waals surface area contributed by atoms with Gasteiger partial charge in [0.05, 0.1) is 11.1 Å². The Morgan fingerprint density at radius 3 is 2.70 bits per heavy atom. The molecule has 37 heavy (non-hydrogen) atoms. The normalized spacial score (nSPS) is 16.0. The molecule has 0 unspecified atom stereocenters. The summed E-state index contributed by atoms with van der Waals surface area (Å²) in [5.74, 6) is 0.903. The van der Waals surface area contributed by atoms with Crippen LogP contribution < -0.4 is 4.74 Å². The Balaban J connectivity index is 1.51. The van der Waals surface area contributed by atoms with Gasteiger partial charge >= 0.3 is 0 Å². The lowest BCUT2D eigenvalue weighted by molar-refractivity contribution is -0.136. The van der Waals surface area contributed by atoms with Crippen molar-refractivity contribution in [2.24, 2.45) is 12.5 Å². The van der Waals surface area contributed by atoms with Gasteiger partial charge in [0.15, 0.2) is 5.82 Å². The second-order valence-electron chi connectivity index (χ2n) is 10.2. The second-order valence-corrected chi connectivity index (χ2v) is 10.6. The number of hydrogen-bond acceptors (Lipinski definition) is 5. The Morgan fingerprint density at radius 2 is 2.03 bits per heavy atom. The predicted octanol–water partition coefficient (Wildman–Crippen LogP) is 6.03. The molecule has 1 fully saturated rings. The summed E-state index contributed by atoms with van der Waals surface area (Å²) in [6.07, 6.45) is 2.27. The Labute approximate surface area is 220 Å². The Morgan fingerprint density at radius 1 is 1.24 bits per heavy atom. The number of pyridine rings is 1. The van der Waals surface area contributed by atoms with E-state index >= 15 is 0 Å². The van der Waals surface area contributed by atoms with Crippen LogP contribution in [0.2, 0.25) is 5.02 Å². The van der Waals surface area contributed by atoms with Crippen LogP contribution in [0.5, 0.6) is 5.75 Å². The Hall–Kier alpha value is -3.52.